The summed E-state index contributed by atoms with van der Waals surface area (Å²) in [6.45, 7) is 9.64. The molecule has 0 saturated heterocycles. The quantitative estimate of drug-likeness (QED) is 0.285. The Bertz CT molecular complexity index is 983. The molecule has 2 saturated carbocycles. The molecule has 10 heteroatoms. The van der Waals surface area contributed by atoms with E-state index in [1.54, 1.807) is 27.7 Å². The average molecular weight is 511 g/mol. The average Bonchev–Trinajstić information content (AvgIpc) is 2.76. The lowest BCUT2D eigenvalue weighted by molar-refractivity contribution is -0.269. The zero-order chi connectivity index (χ0) is 27.4. The molecule has 0 radical (unpaired) electrons. The highest BCUT2D eigenvalue weighted by Gasteiger charge is 2.71. The topological polar surface area (TPSA) is 157 Å². The van der Waals surface area contributed by atoms with Crippen LogP contribution in [0.1, 0.15) is 67.7 Å². The summed E-state index contributed by atoms with van der Waals surface area (Å²) < 4.78 is 17.4. The van der Waals surface area contributed by atoms with E-state index in [0.29, 0.717) is 5.57 Å². The van der Waals surface area contributed by atoms with Crippen LogP contribution in [-0.4, -0.2) is 75.6 Å². The van der Waals surface area contributed by atoms with E-state index in [2.05, 4.69) is 0 Å². The third-order valence-corrected chi connectivity index (χ3v) is 8.86. The first kappa shape index (κ1) is 28.3. The first-order valence-corrected chi connectivity index (χ1v) is 12.3. The van der Waals surface area contributed by atoms with Crippen molar-refractivity contribution in [1.82, 2.24) is 0 Å². The second-order valence-electron chi connectivity index (χ2n) is 11.2. The Balaban J connectivity index is 2.50. The second kappa shape index (κ2) is 9.54. The monoisotopic (exact) mass is 510 g/mol. The summed E-state index contributed by atoms with van der Waals surface area (Å²) >= 11 is 0. The van der Waals surface area contributed by atoms with Crippen LogP contribution in [-0.2, 0) is 33.4 Å². The summed E-state index contributed by atoms with van der Waals surface area (Å²) in [6.07, 6.45) is -4.67. The first-order chi connectivity index (χ1) is 16.5. The molecule has 3 rings (SSSR count). The van der Waals surface area contributed by atoms with Crippen LogP contribution in [0.3, 0.4) is 0 Å². The number of hydrogen-bond acceptors (Lipinski definition) is 10. The van der Waals surface area contributed by atoms with Gasteiger partial charge in [-0.15, -0.1) is 0 Å². The van der Waals surface area contributed by atoms with Crippen molar-refractivity contribution in [2.45, 2.75) is 97.7 Å². The van der Waals surface area contributed by atoms with Crippen molar-refractivity contribution < 1.29 is 48.7 Å². The molecule has 2 fully saturated rings. The van der Waals surface area contributed by atoms with Crippen molar-refractivity contribution in [2.24, 2.45) is 22.7 Å². The Labute approximate surface area is 211 Å². The van der Waals surface area contributed by atoms with Gasteiger partial charge in [0.05, 0.1) is 12.7 Å². The molecule has 36 heavy (non-hydrogen) atoms. The van der Waals surface area contributed by atoms with Crippen LogP contribution < -0.4 is 0 Å². The van der Waals surface area contributed by atoms with Gasteiger partial charge in [-0.3, -0.25) is 19.2 Å². The maximum absolute atomic E-state index is 13.3. The largest absolute Gasteiger partial charge is 0.458 e. The lowest BCUT2D eigenvalue weighted by atomic mass is 9.46. The first-order valence-electron chi connectivity index (χ1n) is 12.3. The second-order valence-corrected chi connectivity index (χ2v) is 11.2. The maximum atomic E-state index is 13.3. The van der Waals surface area contributed by atoms with Crippen LogP contribution >= 0.6 is 0 Å². The van der Waals surface area contributed by atoms with E-state index >= 15 is 0 Å². The number of Topliss-reactive ketones (excluding diaryl/α,β-unsaturated/α-hetero) is 1. The molecule has 3 N–H and O–H groups in total. The molecule has 0 aromatic carbocycles. The van der Waals surface area contributed by atoms with E-state index < -0.39 is 77.2 Å². The van der Waals surface area contributed by atoms with E-state index in [0.717, 1.165) is 6.92 Å². The molecule has 0 aromatic rings. The molecule has 0 heterocycles. The van der Waals surface area contributed by atoms with Gasteiger partial charge in [-0.2, -0.15) is 0 Å². The smallest absolute Gasteiger partial charge is 0.303 e. The number of hydrogen-bond donors (Lipinski definition) is 3. The lowest BCUT2D eigenvalue weighted by Gasteiger charge is -2.63. The summed E-state index contributed by atoms with van der Waals surface area (Å²) in [5, 5.41) is 33.6. The van der Waals surface area contributed by atoms with Crippen LogP contribution in [0.5, 0.6) is 0 Å². The molecule has 202 valence electrons. The highest BCUT2D eigenvalue weighted by molar-refractivity contribution is 5.84. The predicted molar refractivity (Wildman–Crippen MR) is 125 cm³/mol. The summed E-state index contributed by atoms with van der Waals surface area (Å²) in [6, 6.07) is 0. The fraction of sp³-hybridized carbons (Fsp3) is 0.769. The minimum absolute atomic E-state index is 0.0617. The summed E-state index contributed by atoms with van der Waals surface area (Å²) in [7, 11) is 0. The van der Waals surface area contributed by atoms with E-state index in [4.69, 9.17) is 14.2 Å². The van der Waals surface area contributed by atoms with Gasteiger partial charge in [-0.05, 0) is 24.0 Å². The van der Waals surface area contributed by atoms with Gasteiger partial charge < -0.3 is 29.5 Å². The highest BCUT2D eigenvalue weighted by Crippen LogP contribution is 2.61. The van der Waals surface area contributed by atoms with Crippen LogP contribution in [0.15, 0.2) is 11.1 Å². The third-order valence-electron chi connectivity index (χ3n) is 8.86. The molecule has 0 amide bonds. The minimum atomic E-state index is -2.01. The number of ketones is 1. The van der Waals surface area contributed by atoms with Crippen LogP contribution in [0.2, 0.25) is 0 Å². The number of ether oxygens (including phenoxy) is 3. The molecule has 0 aromatic heterocycles. The summed E-state index contributed by atoms with van der Waals surface area (Å²) in [5.41, 5.74) is -3.95. The molecule has 2 bridgehead atoms. The lowest BCUT2D eigenvalue weighted by Crippen LogP contribution is -2.74. The normalized spacial score (nSPS) is 39.9. The zero-order valence-electron chi connectivity index (χ0n) is 22.0. The molecule has 8 atom stereocenters. The van der Waals surface area contributed by atoms with Gasteiger partial charge in [0, 0.05) is 49.9 Å². The molecule has 8 unspecified atom stereocenters. The van der Waals surface area contributed by atoms with Crippen molar-refractivity contribution in [3.05, 3.63) is 11.1 Å². The van der Waals surface area contributed by atoms with Crippen LogP contribution in [0, 0.1) is 22.7 Å². The van der Waals surface area contributed by atoms with Crippen molar-refractivity contribution >= 4 is 23.7 Å². The Hall–Kier alpha value is -2.30. The van der Waals surface area contributed by atoms with Gasteiger partial charge in [0.2, 0.25) is 0 Å². The van der Waals surface area contributed by atoms with E-state index in [-0.39, 0.29) is 30.6 Å². The Morgan fingerprint density at radius 1 is 0.972 bits per heavy atom. The predicted octanol–water partition coefficient (Wildman–Crippen LogP) is 1.23. The fourth-order valence-corrected chi connectivity index (χ4v) is 6.92. The summed E-state index contributed by atoms with van der Waals surface area (Å²) in [5.74, 6) is -4.26. The zero-order valence-corrected chi connectivity index (χ0v) is 22.0. The number of aliphatic hydroxyl groups is 3. The van der Waals surface area contributed by atoms with E-state index in [1.165, 1.54) is 13.8 Å². The van der Waals surface area contributed by atoms with Gasteiger partial charge in [0.1, 0.15) is 17.5 Å². The van der Waals surface area contributed by atoms with E-state index in [1.807, 2.05) is 0 Å². The van der Waals surface area contributed by atoms with Crippen molar-refractivity contribution in [2.75, 3.05) is 6.61 Å². The van der Waals surface area contributed by atoms with Gasteiger partial charge in [-0.25, -0.2) is 0 Å². The number of esters is 3. The van der Waals surface area contributed by atoms with E-state index in [9.17, 15) is 34.5 Å². The molecular formula is C26H38O10. The number of aliphatic hydroxyl groups excluding tert-OH is 2. The van der Waals surface area contributed by atoms with Gasteiger partial charge >= 0.3 is 17.9 Å². The third kappa shape index (κ3) is 4.16. The van der Waals surface area contributed by atoms with Crippen molar-refractivity contribution in [3.8, 4) is 0 Å². The molecule has 0 spiro atoms. The van der Waals surface area contributed by atoms with Crippen LogP contribution in [0.25, 0.3) is 0 Å². The van der Waals surface area contributed by atoms with Crippen LogP contribution in [0.4, 0.5) is 0 Å². The van der Waals surface area contributed by atoms with Crippen molar-refractivity contribution in [3.63, 3.8) is 0 Å². The number of carbonyl (C=O) groups is 4. The Morgan fingerprint density at radius 3 is 2.00 bits per heavy atom. The molecular weight excluding hydrogens is 472 g/mol. The minimum Gasteiger partial charge on any atom is -0.458 e. The Morgan fingerprint density at radius 2 is 1.50 bits per heavy atom. The Kier molecular flexibility index (Phi) is 7.49. The number of rotatable bonds is 4. The van der Waals surface area contributed by atoms with Gasteiger partial charge in [0.25, 0.3) is 0 Å². The molecule has 0 aliphatic heterocycles. The molecule has 3 aliphatic rings. The van der Waals surface area contributed by atoms with Crippen molar-refractivity contribution in [1.29, 1.82) is 0 Å². The van der Waals surface area contributed by atoms with Gasteiger partial charge in [0.15, 0.2) is 12.2 Å². The van der Waals surface area contributed by atoms with Gasteiger partial charge in [-0.1, -0.05) is 27.7 Å². The highest BCUT2D eigenvalue weighted by atomic mass is 16.6. The summed E-state index contributed by atoms with van der Waals surface area (Å²) in [4.78, 5) is 50.5. The fourth-order valence-electron chi connectivity index (χ4n) is 6.92. The number of fused-ring (bicyclic) bond motifs is 3. The molecule has 10 nitrogen and oxygen atoms in total. The number of carbonyl (C=O) groups excluding carboxylic acids is 4. The molecule has 3 aliphatic carbocycles. The SMILES string of the molecule is CC(=O)OC1C2=C(CO)C(O)CCC2(C)C(OC(C)=O)C(OC(C)=O)C2(O)C(C)C(=O)CC1C2(C)C. The standard InChI is InChI=1S/C26H38O10/c1-12-19(32)10-17-21(34-13(2)28)20-16(11-27)18(31)8-9-25(20,7)22(35-14(3)29)23(36-15(4)30)26(12,33)24(17,5)6/h12,17-18,21-23,27,31,33H,8-11H2,1-7H3. The maximum Gasteiger partial charge on any atom is 0.303 e.